The minimum Gasteiger partial charge on any atom is -0.404 e. The summed E-state index contributed by atoms with van der Waals surface area (Å²) in [5, 5.41) is 0.355. The fraction of sp³-hybridized carbons (Fsp3) is 0.318. The SMILES string of the molecule is C/C(=C\N)C(=O)c1cc(Cl)ccc1NS(=O)c1ccc(N2C[C@@H](C)O[C@@H](C)C2)c(F)c1. The summed E-state index contributed by atoms with van der Waals surface area (Å²) >= 11 is 6.03. The van der Waals surface area contributed by atoms with E-state index in [0.29, 0.717) is 35.1 Å². The molecular weight excluding hydrogens is 441 g/mol. The highest BCUT2D eigenvalue weighted by atomic mass is 35.5. The van der Waals surface area contributed by atoms with Gasteiger partial charge in [0.2, 0.25) is 0 Å². The summed E-state index contributed by atoms with van der Waals surface area (Å²) in [7, 11) is -1.80. The number of allylic oxidation sites excluding steroid dienone is 1. The highest BCUT2D eigenvalue weighted by Gasteiger charge is 2.25. The van der Waals surface area contributed by atoms with Crippen molar-refractivity contribution in [1.29, 1.82) is 0 Å². The van der Waals surface area contributed by atoms with Crippen LogP contribution in [0.1, 0.15) is 31.1 Å². The second kappa shape index (κ2) is 9.80. The number of morpholine rings is 1. The topological polar surface area (TPSA) is 84.7 Å². The molecule has 0 saturated carbocycles. The first-order valence-electron chi connectivity index (χ1n) is 9.80. The molecule has 166 valence electrons. The lowest BCUT2D eigenvalue weighted by molar-refractivity contribution is -0.00539. The van der Waals surface area contributed by atoms with Crippen molar-refractivity contribution in [2.75, 3.05) is 22.7 Å². The lowest BCUT2D eigenvalue weighted by Crippen LogP contribution is -2.45. The van der Waals surface area contributed by atoms with Crippen LogP contribution in [0.2, 0.25) is 5.02 Å². The smallest absolute Gasteiger partial charge is 0.192 e. The number of hydrogen-bond acceptors (Lipinski definition) is 5. The summed E-state index contributed by atoms with van der Waals surface area (Å²) in [6.45, 7) is 6.62. The van der Waals surface area contributed by atoms with Crippen LogP contribution in [-0.2, 0) is 15.7 Å². The molecule has 1 unspecified atom stereocenters. The van der Waals surface area contributed by atoms with Gasteiger partial charge >= 0.3 is 0 Å². The molecule has 3 atom stereocenters. The highest BCUT2D eigenvalue weighted by Crippen LogP contribution is 2.28. The molecule has 1 fully saturated rings. The Morgan fingerprint density at radius 2 is 1.94 bits per heavy atom. The van der Waals surface area contributed by atoms with Crippen molar-refractivity contribution in [2.45, 2.75) is 37.9 Å². The molecule has 0 radical (unpaired) electrons. The Morgan fingerprint density at radius 3 is 2.55 bits per heavy atom. The molecule has 0 aromatic heterocycles. The molecule has 1 heterocycles. The average Bonchev–Trinajstić information content (AvgIpc) is 2.72. The van der Waals surface area contributed by atoms with Crippen LogP contribution in [-0.4, -0.2) is 35.3 Å². The maximum absolute atomic E-state index is 14.9. The second-order valence-electron chi connectivity index (χ2n) is 7.52. The molecule has 1 aliphatic heterocycles. The molecule has 0 bridgehead atoms. The van der Waals surface area contributed by atoms with Crippen LogP contribution in [0.25, 0.3) is 0 Å². The van der Waals surface area contributed by atoms with E-state index in [2.05, 4.69) is 4.72 Å². The van der Waals surface area contributed by atoms with E-state index in [4.69, 9.17) is 22.1 Å². The zero-order valence-corrected chi connectivity index (χ0v) is 19.1. The Hall–Kier alpha value is -2.42. The first kappa shape index (κ1) is 23.2. The van der Waals surface area contributed by atoms with Crippen LogP contribution < -0.4 is 15.4 Å². The zero-order valence-electron chi connectivity index (χ0n) is 17.5. The summed E-state index contributed by atoms with van der Waals surface area (Å²) in [5.41, 5.74) is 6.75. The van der Waals surface area contributed by atoms with E-state index in [1.165, 1.54) is 18.3 Å². The fourth-order valence-corrected chi connectivity index (χ4v) is 4.54. The number of rotatable bonds is 6. The van der Waals surface area contributed by atoms with Gasteiger partial charge in [-0.15, -0.1) is 0 Å². The quantitative estimate of drug-likeness (QED) is 0.491. The maximum atomic E-state index is 14.9. The van der Waals surface area contributed by atoms with Crippen molar-refractivity contribution in [2.24, 2.45) is 5.73 Å². The van der Waals surface area contributed by atoms with E-state index in [9.17, 15) is 13.4 Å². The molecule has 1 aliphatic rings. The molecule has 3 N–H and O–H groups in total. The number of nitrogens with two attached hydrogens (primary N) is 1. The Kier molecular flexibility index (Phi) is 7.35. The van der Waals surface area contributed by atoms with Gasteiger partial charge in [-0.05, 0) is 57.2 Å². The summed E-state index contributed by atoms with van der Waals surface area (Å²) in [4.78, 5) is 14.7. The van der Waals surface area contributed by atoms with Gasteiger partial charge in [0.25, 0.3) is 0 Å². The molecule has 1 saturated heterocycles. The van der Waals surface area contributed by atoms with E-state index < -0.39 is 16.8 Å². The number of nitrogens with zero attached hydrogens (tertiary/aromatic N) is 1. The standard InChI is InChI=1S/C22H25ClFN3O3S/c1-13(10-25)22(28)18-8-16(23)4-6-20(18)26-31(29)17-5-7-21(19(24)9-17)27-11-14(2)30-15(3)12-27/h4-10,14-15,26H,11-12,25H2,1-3H3/b13-10+/t14-,15+,31?. The molecule has 0 aliphatic carbocycles. The molecule has 6 nitrogen and oxygen atoms in total. The number of ketones is 1. The van der Waals surface area contributed by atoms with Crippen LogP contribution in [0.3, 0.4) is 0 Å². The van der Waals surface area contributed by atoms with Gasteiger partial charge in [0.15, 0.2) is 5.78 Å². The number of hydrogen-bond donors (Lipinski definition) is 2. The predicted molar refractivity (Wildman–Crippen MR) is 122 cm³/mol. The van der Waals surface area contributed by atoms with Gasteiger partial charge in [0.05, 0.1) is 28.5 Å². The highest BCUT2D eigenvalue weighted by molar-refractivity contribution is 7.86. The number of halogens is 2. The van der Waals surface area contributed by atoms with E-state index in [0.717, 1.165) is 0 Å². The van der Waals surface area contributed by atoms with E-state index in [1.807, 2.05) is 18.7 Å². The van der Waals surface area contributed by atoms with Gasteiger partial charge in [-0.25, -0.2) is 8.60 Å². The summed E-state index contributed by atoms with van der Waals surface area (Å²) in [6.07, 6.45) is 1.18. The van der Waals surface area contributed by atoms with E-state index in [-0.39, 0.29) is 28.5 Å². The number of ether oxygens (including phenoxy) is 1. The second-order valence-corrected chi connectivity index (χ2v) is 9.16. The average molecular weight is 466 g/mol. The Bertz CT molecular complexity index is 1040. The molecule has 9 heteroatoms. The number of Topliss-reactive ketones (excluding diaryl/α,β-unsaturated/α-hetero) is 1. The lowest BCUT2D eigenvalue weighted by Gasteiger charge is -2.37. The monoisotopic (exact) mass is 465 g/mol. The van der Waals surface area contributed by atoms with Gasteiger partial charge in [0.1, 0.15) is 16.8 Å². The zero-order chi connectivity index (χ0) is 22.7. The van der Waals surface area contributed by atoms with Crippen LogP contribution in [0.4, 0.5) is 15.8 Å². The lowest BCUT2D eigenvalue weighted by atomic mass is 10.0. The van der Waals surface area contributed by atoms with Crippen LogP contribution in [0.15, 0.2) is 53.1 Å². The summed E-state index contributed by atoms with van der Waals surface area (Å²) in [6, 6.07) is 9.06. The molecular formula is C22H25ClFN3O3S. The van der Waals surface area contributed by atoms with E-state index in [1.54, 1.807) is 31.2 Å². The van der Waals surface area contributed by atoms with Crippen molar-refractivity contribution in [3.8, 4) is 0 Å². The van der Waals surface area contributed by atoms with Crippen molar-refractivity contribution in [3.63, 3.8) is 0 Å². The van der Waals surface area contributed by atoms with Crippen LogP contribution >= 0.6 is 11.6 Å². The number of carbonyl (C=O) groups is 1. The summed E-state index contributed by atoms with van der Waals surface area (Å²) < 4.78 is 36.2. The molecule has 31 heavy (non-hydrogen) atoms. The number of nitrogens with one attached hydrogen (secondary N) is 1. The first-order valence-corrected chi connectivity index (χ1v) is 11.3. The fourth-order valence-electron chi connectivity index (χ4n) is 3.47. The van der Waals surface area contributed by atoms with Gasteiger partial charge < -0.3 is 20.1 Å². The van der Waals surface area contributed by atoms with Gasteiger partial charge in [-0.3, -0.25) is 4.79 Å². The maximum Gasteiger partial charge on any atom is 0.192 e. The van der Waals surface area contributed by atoms with Crippen molar-refractivity contribution in [1.82, 2.24) is 0 Å². The van der Waals surface area contributed by atoms with Crippen LogP contribution in [0, 0.1) is 5.82 Å². The third-order valence-corrected chi connectivity index (χ3v) is 6.25. The molecule has 2 aromatic carbocycles. The number of benzene rings is 2. The summed E-state index contributed by atoms with van der Waals surface area (Å²) in [5.74, 6) is -0.815. The largest absolute Gasteiger partial charge is 0.404 e. The van der Waals surface area contributed by atoms with Gasteiger partial charge in [0, 0.05) is 35.4 Å². The predicted octanol–water partition coefficient (Wildman–Crippen LogP) is 4.27. The third-order valence-electron chi connectivity index (χ3n) is 4.93. The van der Waals surface area contributed by atoms with Crippen molar-refractivity contribution < 1.29 is 18.1 Å². The third kappa shape index (κ3) is 5.44. The van der Waals surface area contributed by atoms with Gasteiger partial charge in [-0.1, -0.05) is 11.6 Å². The number of carbonyl (C=O) groups excluding carboxylic acids is 1. The Balaban J connectivity index is 1.83. The first-order chi connectivity index (χ1) is 14.7. The normalized spacial score (nSPS) is 20.4. The number of anilines is 2. The Labute approximate surface area is 188 Å². The molecule has 3 rings (SSSR count). The van der Waals surface area contributed by atoms with Crippen molar-refractivity contribution >= 4 is 39.7 Å². The Morgan fingerprint density at radius 1 is 1.26 bits per heavy atom. The van der Waals surface area contributed by atoms with Crippen molar-refractivity contribution in [3.05, 3.63) is 64.6 Å². The molecule has 2 aromatic rings. The molecule has 0 amide bonds. The minimum atomic E-state index is -1.80. The van der Waals surface area contributed by atoms with Crippen LogP contribution in [0.5, 0.6) is 0 Å². The van der Waals surface area contributed by atoms with Gasteiger partial charge in [-0.2, -0.15) is 0 Å². The molecule has 0 spiro atoms. The van der Waals surface area contributed by atoms with E-state index >= 15 is 0 Å². The minimum absolute atomic E-state index is 0.00878.